The Morgan fingerprint density at radius 1 is 1.53 bits per heavy atom. The second-order valence-corrected chi connectivity index (χ2v) is 5.96. The second-order valence-electron chi connectivity index (χ2n) is 3.94. The number of hydrogen-bond donors (Lipinski definition) is 1. The van der Waals surface area contributed by atoms with Crippen LogP contribution in [0, 0.1) is 5.82 Å². The summed E-state index contributed by atoms with van der Waals surface area (Å²) in [5, 5.41) is 10.1. The molecule has 1 saturated heterocycles. The van der Waals surface area contributed by atoms with Gasteiger partial charge in [0.2, 0.25) is 0 Å². The molecule has 1 atom stereocenters. The molecular formula is C11H12BrFOS. The van der Waals surface area contributed by atoms with Gasteiger partial charge in [0.05, 0.1) is 5.60 Å². The molecule has 4 heteroatoms. The van der Waals surface area contributed by atoms with Gasteiger partial charge >= 0.3 is 0 Å². The molecule has 0 saturated carbocycles. The second kappa shape index (κ2) is 4.44. The monoisotopic (exact) mass is 290 g/mol. The summed E-state index contributed by atoms with van der Waals surface area (Å²) in [7, 11) is 0. The number of aliphatic hydroxyl groups is 1. The fourth-order valence-corrected chi connectivity index (χ4v) is 3.38. The molecule has 0 aliphatic carbocycles. The summed E-state index contributed by atoms with van der Waals surface area (Å²) in [4.78, 5) is 0. The van der Waals surface area contributed by atoms with Crippen LogP contribution in [-0.4, -0.2) is 22.2 Å². The van der Waals surface area contributed by atoms with Crippen LogP contribution in [0.25, 0.3) is 0 Å². The van der Waals surface area contributed by atoms with E-state index in [2.05, 4.69) is 15.9 Å². The van der Waals surface area contributed by atoms with Gasteiger partial charge in [-0.1, -0.05) is 22.0 Å². The molecule has 1 aromatic carbocycles. The van der Waals surface area contributed by atoms with Gasteiger partial charge in [-0.3, -0.25) is 0 Å². The van der Waals surface area contributed by atoms with E-state index in [9.17, 15) is 9.50 Å². The van der Waals surface area contributed by atoms with Crippen LogP contribution in [0.5, 0.6) is 0 Å². The van der Waals surface area contributed by atoms with Crippen molar-refractivity contribution >= 4 is 27.7 Å². The lowest BCUT2D eigenvalue weighted by Crippen LogP contribution is -2.31. The first-order valence-corrected chi connectivity index (χ1v) is 6.78. The van der Waals surface area contributed by atoms with Crippen LogP contribution >= 0.6 is 27.7 Å². The molecule has 1 aliphatic rings. The van der Waals surface area contributed by atoms with Gasteiger partial charge in [-0.2, -0.15) is 11.8 Å². The molecular weight excluding hydrogens is 279 g/mol. The molecule has 1 fully saturated rings. The van der Waals surface area contributed by atoms with Crippen LogP contribution in [-0.2, 0) is 6.42 Å². The van der Waals surface area contributed by atoms with Crippen LogP contribution in [0.15, 0.2) is 22.7 Å². The van der Waals surface area contributed by atoms with Crippen molar-refractivity contribution in [2.75, 3.05) is 11.5 Å². The molecule has 1 N–H and O–H groups in total. The van der Waals surface area contributed by atoms with Crippen LogP contribution in [0.3, 0.4) is 0 Å². The van der Waals surface area contributed by atoms with Crippen molar-refractivity contribution in [1.29, 1.82) is 0 Å². The molecule has 1 aromatic rings. The Morgan fingerprint density at radius 2 is 2.33 bits per heavy atom. The molecule has 2 rings (SSSR count). The van der Waals surface area contributed by atoms with Gasteiger partial charge in [0, 0.05) is 16.6 Å². The maximum absolute atomic E-state index is 13.5. The van der Waals surface area contributed by atoms with E-state index in [0.717, 1.165) is 16.6 Å². The van der Waals surface area contributed by atoms with Gasteiger partial charge in [0.25, 0.3) is 0 Å². The Kier molecular flexibility index (Phi) is 3.38. The molecule has 0 amide bonds. The third-order valence-corrected chi connectivity index (χ3v) is 4.34. The number of rotatable bonds is 2. The molecule has 0 aromatic heterocycles. The highest BCUT2D eigenvalue weighted by atomic mass is 79.9. The lowest BCUT2D eigenvalue weighted by molar-refractivity contribution is 0.0677. The van der Waals surface area contributed by atoms with E-state index in [4.69, 9.17) is 0 Å². The van der Waals surface area contributed by atoms with Crippen molar-refractivity contribution in [2.24, 2.45) is 0 Å². The molecule has 0 bridgehead atoms. The van der Waals surface area contributed by atoms with E-state index < -0.39 is 5.60 Å². The summed E-state index contributed by atoms with van der Waals surface area (Å²) in [6, 6.07) is 4.99. The summed E-state index contributed by atoms with van der Waals surface area (Å²) in [6.07, 6.45) is 1.17. The van der Waals surface area contributed by atoms with Crippen molar-refractivity contribution < 1.29 is 9.50 Å². The SMILES string of the molecule is OC1(Cc2ccc(Br)cc2F)CCSC1. The highest BCUT2D eigenvalue weighted by molar-refractivity contribution is 9.10. The highest BCUT2D eigenvalue weighted by Gasteiger charge is 2.32. The predicted octanol–water partition coefficient (Wildman–Crippen LogP) is 3.00. The lowest BCUT2D eigenvalue weighted by atomic mass is 9.94. The average Bonchev–Trinajstić information content (AvgIpc) is 2.58. The third kappa shape index (κ3) is 2.74. The normalized spacial score (nSPS) is 25.8. The van der Waals surface area contributed by atoms with Crippen molar-refractivity contribution in [3.63, 3.8) is 0 Å². The molecule has 0 radical (unpaired) electrons. The Labute approximate surface area is 101 Å². The topological polar surface area (TPSA) is 20.2 Å². The lowest BCUT2D eigenvalue weighted by Gasteiger charge is -2.21. The van der Waals surface area contributed by atoms with Crippen LogP contribution in [0.4, 0.5) is 4.39 Å². The standard InChI is InChI=1S/C11H12BrFOS/c12-9-2-1-8(10(13)5-9)6-11(14)3-4-15-7-11/h1-2,5,14H,3-4,6-7H2. The van der Waals surface area contributed by atoms with E-state index in [-0.39, 0.29) is 5.82 Å². The summed E-state index contributed by atoms with van der Waals surface area (Å²) in [5.41, 5.74) is -0.109. The molecule has 0 spiro atoms. The minimum Gasteiger partial charge on any atom is -0.389 e. The molecule has 1 aliphatic heterocycles. The summed E-state index contributed by atoms with van der Waals surface area (Å²) < 4.78 is 14.3. The Bertz CT molecular complexity index is 364. The molecule has 15 heavy (non-hydrogen) atoms. The van der Waals surface area contributed by atoms with Crippen molar-refractivity contribution in [2.45, 2.75) is 18.4 Å². The minimum atomic E-state index is -0.709. The summed E-state index contributed by atoms with van der Waals surface area (Å²) in [6.45, 7) is 0. The first-order chi connectivity index (χ1) is 7.09. The van der Waals surface area contributed by atoms with E-state index in [1.54, 1.807) is 17.8 Å². The predicted molar refractivity (Wildman–Crippen MR) is 64.7 cm³/mol. The molecule has 1 heterocycles. The largest absolute Gasteiger partial charge is 0.389 e. The molecule has 82 valence electrons. The van der Waals surface area contributed by atoms with Crippen molar-refractivity contribution in [3.05, 3.63) is 34.1 Å². The number of thioether (sulfide) groups is 1. The first kappa shape index (κ1) is 11.4. The zero-order valence-electron chi connectivity index (χ0n) is 8.17. The van der Waals surface area contributed by atoms with Gasteiger partial charge in [0.1, 0.15) is 5.82 Å². The quantitative estimate of drug-likeness (QED) is 0.904. The van der Waals surface area contributed by atoms with E-state index >= 15 is 0 Å². The van der Waals surface area contributed by atoms with E-state index in [0.29, 0.717) is 17.7 Å². The number of halogens is 2. The van der Waals surface area contributed by atoms with Crippen LogP contribution in [0.1, 0.15) is 12.0 Å². The molecule has 1 nitrogen and oxygen atoms in total. The Morgan fingerprint density at radius 3 is 2.93 bits per heavy atom. The zero-order chi connectivity index (χ0) is 10.9. The van der Waals surface area contributed by atoms with E-state index in [1.807, 2.05) is 6.07 Å². The number of hydrogen-bond acceptors (Lipinski definition) is 2. The first-order valence-electron chi connectivity index (χ1n) is 4.83. The zero-order valence-corrected chi connectivity index (χ0v) is 10.6. The summed E-state index contributed by atoms with van der Waals surface area (Å²) >= 11 is 4.94. The van der Waals surface area contributed by atoms with Crippen molar-refractivity contribution in [3.8, 4) is 0 Å². The Balaban J connectivity index is 2.16. The van der Waals surface area contributed by atoms with Gasteiger partial charge < -0.3 is 5.11 Å². The molecule has 1 unspecified atom stereocenters. The maximum Gasteiger partial charge on any atom is 0.127 e. The fourth-order valence-electron chi connectivity index (χ4n) is 1.76. The number of benzene rings is 1. The Hall–Kier alpha value is -0.0600. The van der Waals surface area contributed by atoms with Gasteiger partial charge in [0.15, 0.2) is 0 Å². The van der Waals surface area contributed by atoms with Gasteiger partial charge in [-0.05, 0) is 29.9 Å². The smallest absolute Gasteiger partial charge is 0.127 e. The van der Waals surface area contributed by atoms with Gasteiger partial charge in [-0.25, -0.2) is 4.39 Å². The third-order valence-electron chi connectivity index (χ3n) is 2.62. The summed E-state index contributed by atoms with van der Waals surface area (Å²) in [5.74, 6) is 1.44. The maximum atomic E-state index is 13.5. The fraction of sp³-hybridized carbons (Fsp3) is 0.455. The van der Waals surface area contributed by atoms with E-state index in [1.165, 1.54) is 6.07 Å². The van der Waals surface area contributed by atoms with Gasteiger partial charge in [-0.15, -0.1) is 0 Å². The highest BCUT2D eigenvalue weighted by Crippen LogP contribution is 2.31. The van der Waals surface area contributed by atoms with Crippen LogP contribution in [0.2, 0.25) is 0 Å². The van der Waals surface area contributed by atoms with Crippen LogP contribution < -0.4 is 0 Å². The average molecular weight is 291 g/mol. The van der Waals surface area contributed by atoms with Crippen molar-refractivity contribution in [1.82, 2.24) is 0 Å². The minimum absolute atomic E-state index is 0.241.